The van der Waals surface area contributed by atoms with Gasteiger partial charge in [-0.05, 0) is 24.6 Å². The Morgan fingerprint density at radius 3 is 2.38 bits per heavy atom. The van der Waals surface area contributed by atoms with Crippen molar-refractivity contribution in [2.75, 3.05) is 6.61 Å². The third-order valence-corrected chi connectivity index (χ3v) is 2.55. The van der Waals surface area contributed by atoms with Crippen LogP contribution in [0.15, 0.2) is 48.6 Å². The van der Waals surface area contributed by atoms with Crippen molar-refractivity contribution in [3.8, 4) is 0 Å². The van der Waals surface area contributed by atoms with E-state index < -0.39 is 0 Å². The molecule has 16 heavy (non-hydrogen) atoms. The zero-order valence-electron chi connectivity index (χ0n) is 9.22. The van der Waals surface area contributed by atoms with Crippen molar-refractivity contribution in [3.63, 3.8) is 0 Å². The number of esters is 1. The maximum atomic E-state index is 11.4. The van der Waals surface area contributed by atoms with Crippen LogP contribution in [-0.2, 0) is 4.74 Å². The Bertz CT molecular complexity index is 415. The molecular formula is C14H14O2. The fourth-order valence-corrected chi connectivity index (χ4v) is 1.71. The molecule has 1 aromatic rings. The lowest BCUT2D eigenvalue weighted by atomic mass is 10.00. The minimum absolute atomic E-state index is 0.258. The van der Waals surface area contributed by atoms with Crippen LogP contribution < -0.4 is 0 Å². The van der Waals surface area contributed by atoms with Crippen molar-refractivity contribution in [2.24, 2.45) is 0 Å². The zero-order chi connectivity index (χ0) is 11.4. The number of allylic oxidation sites excluding steroid dienone is 4. The smallest absolute Gasteiger partial charge is 0.338 e. The molecular weight excluding hydrogens is 200 g/mol. The average Bonchev–Trinajstić information content (AvgIpc) is 2.83. The lowest BCUT2D eigenvalue weighted by Crippen LogP contribution is -2.04. The summed E-state index contributed by atoms with van der Waals surface area (Å²) in [7, 11) is 0. The molecule has 0 saturated carbocycles. The predicted molar refractivity (Wildman–Crippen MR) is 63.4 cm³/mol. The molecule has 0 saturated heterocycles. The summed E-state index contributed by atoms with van der Waals surface area (Å²) < 4.78 is 4.93. The van der Waals surface area contributed by atoms with Crippen LogP contribution in [0.4, 0.5) is 0 Å². The van der Waals surface area contributed by atoms with Crippen molar-refractivity contribution in [1.29, 1.82) is 0 Å². The first-order valence-corrected chi connectivity index (χ1v) is 5.43. The van der Waals surface area contributed by atoms with Gasteiger partial charge in [0.2, 0.25) is 0 Å². The topological polar surface area (TPSA) is 26.3 Å². The predicted octanol–water partition coefficient (Wildman–Crippen LogP) is 3.07. The minimum Gasteiger partial charge on any atom is -0.462 e. The first-order valence-electron chi connectivity index (χ1n) is 5.43. The number of carbonyl (C=O) groups is 1. The number of benzene rings is 1. The SMILES string of the molecule is CCOC(=O)c1ccc(C2C=CC=C2)cc1. The summed E-state index contributed by atoms with van der Waals surface area (Å²) in [4.78, 5) is 11.4. The van der Waals surface area contributed by atoms with Gasteiger partial charge in [-0.25, -0.2) is 4.79 Å². The Morgan fingerprint density at radius 1 is 1.19 bits per heavy atom. The van der Waals surface area contributed by atoms with Gasteiger partial charge in [-0.1, -0.05) is 36.4 Å². The molecule has 0 amide bonds. The normalized spacial score (nSPS) is 14.3. The van der Waals surface area contributed by atoms with Crippen molar-refractivity contribution >= 4 is 5.97 Å². The molecule has 0 atom stereocenters. The third-order valence-electron chi connectivity index (χ3n) is 2.55. The number of ether oxygens (including phenoxy) is 1. The largest absolute Gasteiger partial charge is 0.462 e. The molecule has 0 radical (unpaired) electrons. The van der Waals surface area contributed by atoms with Gasteiger partial charge in [0.05, 0.1) is 12.2 Å². The lowest BCUT2D eigenvalue weighted by Gasteiger charge is -2.07. The fourth-order valence-electron chi connectivity index (χ4n) is 1.71. The highest BCUT2D eigenvalue weighted by molar-refractivity contribution is 5.89. The molecule has 1 aromatic carbocycles. The number of hydrogen-bond acceptors (Lipinski definition) is 2. The highest BCUT2D eigenvalue weighted by Crippen LogP contribution is 2.23. The molecule has 1 aliphatic rings. The summed E-state index contributed by atoms with van der Waals surface area (Å²) in [5.41, 5.74) is 1.80. The van der Waals surface area contributed by atoms with Crippen LogP contribution >= 0.6 is 0 Å². The fraction of sp³-hybridized carbons (Fsp3) is 0.214. The summed E-state index contributed by atoms with van der Waals surface area (Å²) >= 11 is 0. The van der Waals surface area contributed by atoms with E-state index in [1.165, 1.54) is 5.56 Å². The quantitative estimate of drug-likeness (QED) is 0.723. The molecule has 0 aromatic heterocycles. The first-order chi connectivity index (χ1) is 7.81. The van der Waals surface area contributed by atoms with Gasteiger partial charge in [0.15, 0.2) is 0 Å². The molecule has 0 heterocycles. The molecule has 0 N–H and O–H groups in total. The third kappa shape index (κ3) is 2.22. The molecule has 2 rings (SSSR count). The van der Waals surface area contributed by atoms with Crippen LogP contribution in [0, 0.1) is 0 Å². The summed E-state index contributed by atoms with van der Waals surface area (Å²) in [6, 6.07) is 7.56. The minimum atomic E-state index is -0.258. The molecule has 82 valence electrons. The van der Waals surface area contributed by atoms with Crippen molar-refractivity contribution in [3.05, 3.63) is 59.7 Å². The molecule has 2 nitrogen and oxygen atoms in total. The van der Waals surface area contributed by atoms with Gasteiger partial charge in [-0.2, -0.15) is 0 Å². The van der Waals surface area contributed by atoms with E-state index in [2.05, 4.69) is 12.2 Å². The van der Waals surface area contributed by atoms with E-state index in [1.54, 1.807) is 6.92 Å². The van der Waals surface area contributed by atoms with E-state index in [1.807, 2.05) is 36.4 Å². The van der Waals surface area contributed by atoms with Crippen LogP contribution in [0.25, 0.3) is 0 Å². The Morgan fingerprint density at radius 2 is 1.81 bits per heavy atom. The molecule has 2 heteroatoms. The Hall–Kier alpha value is -1.83. The second-order valence-electron chi connectivity index (χ2n) is 3.64. The van der Waals surface area contributed by atoms with Gasteiger partial charge in [-0.15, -0.1) is 0 Å². The molecule has 0 spiro atoms. The van der Waals surface area contributed by atoms with Gasteiger partial charge < -0.3 is 4.74 Å². The number of hydrogen-bond donors (Lipinski definition) is 0. The van der Waals surface area contributed by atoms with Gasteiger partial charge in [0.1, 0.15) is 0 Å². The summed E-state index contributed by atoms with van der Waals surface area (Å²) in [5.74, 6) is 0.0859. The first kappa shape index (κ1) is 10.7. The molecule has 1 aliphatic carbocycles. The van der Waals surface area contributed by atoms with Gasteiger partial charge in [0.25, 0.3) is 0 Å². The molecule has 0 bridgehead atoms. The van der Waals surface area contributed by atoms with Crippen LogP contribution in [0.1, 0.15) is 28.8 Å². The van der Waals surface area contributed by atoms with Gasteiger partial charge in [0, 0.05) is 5.92 Å². The van der Waals surface area contributed by atoms with E-state index >= 15 is 0 Å². The van der Waals surface area contributed by atoms with Crippen LogP contribution in [0.3, 0.4) is 0 Å². The zero-order valence-corrected chi connectivity index (χ0v) is 9.22. The van der Waals surface area contributed by atoms with Gasteiger partial charge in [-0.3, -0.25) is 0 Å². The van der Waals surface area contributed by atoms with Crippen molar-refractivity contribution < 1.29 is 9.53 Å². The monoisotopic (exact) mass is 214 g/mol. The molecule has 0 fully saturated rings. The van der Waals surface area contributed by atoms with E-state index in [4.69, 9.17) is 4.74 Å². The van der Waals surface area contributed by atoms with E-state index in [9.17, 15) is 4.79 Å². The van der Waals surface area contributed by atoms with E-state index in [-0.39, 0.29) is 5.97 Å². The standard InChI is InChI=1S/C14H14O2/c1-2-16-14(15)13-9-7-12(8-10-13)11-5-3-4-6-11/h3-11H,2H2,1H3. The second kappa shape index (κ2) is 4.79. The van der Waals surface area contributed by atoms with Crippen LogP contribution in [-0.4, -0.2) is 12.6 Å². The Kier molecular flexibility index (Phi) is 3.20. The Labute approximate surface area is 95.2 Å². The maximum Gasteiger partial charge on any atom is 0.338 e. The van der Waals surface area contributed by atoms with Crippen molar-refractivity contribution in [1.82, 2.24) is 0 Å². The average molecular weight is 214 g/mol. The number of rotatable bonds is 3. The molecule has 0 unspecified atom stereocenters. The van der Waals surface area contributed by atoms with Crippen LogP contribution in [0.2, 0.25) is 0 Å². The second-order valence-corrected chi connectivity index (χ2v) is 3.64. The lowest BCUT2D eigenvalue weighted by molar-refractivity contribution is 0.0526. The highest BCUT2D eigenvalue weighted by atomic mass is 16.5. The summed E-state index contributed by atoms with van der Waals surface area (Å²) in [5, 5.41) is 0. The maximum absolute atomic E-state index is 11.4. The van der Waals surface area contributed by atoms with Crippen LogP contribution in [0.5, 0.6) is 0 Å². The number of carbonyl (C=O) groups excluding carboxylic acids is 1. The summed E-state index contributed by atoms with van der Waals surface area (Å²) in [6.45, 7) is 2.22. The Balaban J connectivity index is 2.13. The van der Waals surface area contributed by atoms with Crippen molar-refractivity contribution in [2.45, 2.75) is 12.8 Å². The summed E-state index contributed by atoms with van der Waals surface area (Å²) in [6.07, 6.45) is 8.31. The highest BCUT2D eigenvalue weighted by Gasteiger charge is 2.09. The molecule has 0 aliphatic heterocycles. The van der Waals surface area contributed by atoms with Gasteiger partial charge >= 0.3 is 5.97 Å². The van der Waals surface area contributed by atoms with E-state index in [0.29, 0.717) is 18.1 Å². The van der Waals surface area contributed by atoms with E-state index in [0.717, 1.165) is 0 Å².